The first-order chi connectivity index (χ1) is 4.74. The smallest absolute Gasteiger partial charge is 0.126 e. The summed E-state index contributed by atoms with van der Waals surface area (Å²) < 4.78 is 12.8. The summed E-state index contributed by atoms with van der Waals surface area (Å²) in [6, 6.07) is 5.36. The SMILES string of the molecule is CCc1ccc(C)c(F)c1.I. The maximum Gasteiger partial charge on any atom is 0.126 e. The van der Waals surface area contributed by atoms with E-state index < -0.39 is 0 Å². The Labute approximate surface area is 83.8 Å². The molecule has 11 heavy (non-hydrogen) atoms. The van der Waals surface area contributed by atoms with E-state index in [9.17, 15) is 4.39 Å². The Morgan fingerprint density at radius 2 is 2.00 bits per heavy atom. The average molecular weight is 266 g/mol. The van der Waals surface area contributed by atoms with Crippen LogP contribution in [0.15, 0.2) is 18.2 Å². The molecule has 0 spiro atoms. The van der Waals surface area contributed by atoms with Crippen LogP contribution >= 0.6 is 24.0 Å². The van der Waals surface area contributed by atoms with Gasteiger partial charge in [-0.1, -0.05) is 19.1 Å². The van der Waals surface area contributed by atoms with Gasteiger partial charge in [-0.2, -0.15) is 0 Å². The highest BCUT2D eigenvalue weighted by molar-refractivity contribution is 14.0. The van der Waals surface area contributed by atoms with E-state index in [1.165, 1.54) is 0 Å². The lowest BCUT2D eigenvalue weighted by molar-refractivity contribution is 0.616. The van der Waals surface area contributed by atoms with E-state index in [0.29, 0.717) is 0 Å². The molecule has 0 nitrogen and oxygen atoms in total. The Bertz CT molecular complexity index is 233. The number of halogens is 2. The van der Waals surface area contributed by atoms with E-state index in [0.717, 1.165) is 17.5 Å². The quantitative estimate of drug-likeness (QED) is 0.684. The molecule has 0 aliphatic heterocycles. The van der Waals surface area contributed by atoms with Crippen LogP contribution in [0.4, 0.5) is 4.39 Å². The molecule has 0 aliphatic carbocycles. The topological polar surface area (TPSA) is 0 Å². The second-order valence-electron chi connectivity index (χ2n) is 2.44. The first kappa shape index (κ1) is 10.9. The van der Waals surface area contributed by atoms with Gasteiger partial charge in [0.2, 0.25) is 0 Å². The van der Waals surface area contributed by atoms with Crippen LogP contribution in [0.2, 0.25) is 0 Å². The minimum Gasteiger partial charge on any atom is -0.207 e. The van der Waals surface area contributed by atoms with Gasteiger partial charge in [0.25, 0.3) is 0 Å². The van der Waals surface area contributed by atoms with Crippen LogP contribution < -0.4 is 0 Å². The van der Waals surface area contributed by atoms with Gasteiger partial charge in [-0.3, -0.25) is 0 Å². The van der Waals surface area contributed by atoms with Crippen LogP contribution in [0.1, 0.15) is 18.1 Å². The molecule has 0 atom stereocenters. The van der Waals surface area contributed by atoms with Crippen molar-refractivity contribution in [3.63, 3.8) is 0 Å². The molecule has 1 aromatic rings. The Balaban J connectivity index is 0.000001000. The Hall–Kier alpha value is -0.120. The molecule has 0 N–H and O–H groups in total. The number of hydrogen-bond acceptors (Lipinski definition) is 0. The lowest BCUT2D eigenvalue weighted by Gasteiger charge is -1.98. The van der Waals surface area contributed by atoms with Crippen molar-refractivity contribution in [2.24, 2.45) is 0 Å². The summed E-state index contributed by atoms with van der Waals surface area (Å²) in [5, 5.41) is 0. The molecule has 0 heterocycles. The van der Waals surface area contributed by atoms with Gasteiger partial charge < -0.3 is 0 Å². The van der Waals surface area contributed by atoms with Gasteiger partial charge in [0.05, 0.1) is 0 Å². The molecule has 0 radical (unpaired) electrons. The zero-order valence-electron chi connectivity index (χ0n) is 6.73. The first-order valence-corrected chi connectivity index (χ1v) is 3.49. The van der Waals surface area contributed by atoms with E-state index in [2.05, 4.69) is 0 Å². The van der Waals surface area contributed by atoms with Gasteiger partial charge in [-0.25, -0.2) is 4.39 Å². The normalized spacial score (nSPS) is 9.00. The third kappa shape index (κ3) is 2.77. The molecule has 0 unspecified atom stereocenters. The van der Waals surface area contributed by atoms with Gasteiger partial charge in [0.1, 0.15) is 5.82 Å². The minimum absolute atomic E-state index is 0. The van der Waals surface area contributed by atoms with Crippen molar-refractivity contribution >= 4 is 24.0 Å². The molecular weight excluding hydrogens is 254 g/mol. The lowest BCUT2D eigenvalue weighted by atomic mass is 10.1. The van der Waals surface area contributed by atoms with Crippen molar-refractivity contribution < 1.29 is 4.39 Å². The van der Waals surface area contributed by atoms with Gasteiger partial charge in [-0.15, -0.1) is 24.0 Å². The van der Waals surface area contributed by atoms with Crippen LogP contribution in [-0.2, 0) is 6.42 Å². The summed E-state index contributed by atoms with van der Waals surface area (Å²) >= 11 is 0. The molecule has 0 amide bonds. The molecule has 0 aliphatic rings. The first-order valence-electron chi connectivity index (χ1n) is 3.49. The third-order valence-corrected chi connectivity index (χ3v) is 1.64. The predicted octanol–water partition coefficient (Wildman–Crippen LogP) is 3.31. The molecule has 0 saturated heterocycles. The second-order valence-corrected chi connectivity index (χ2v) is 2.44. The van der Waals surface area contributed by atoms with E-state index in [-0.39, 0.29) is 29.8 Å². The van der Waals surface area contributed by atoms with Crippen molar-refractivity contribution in [3.8, 4) is 0 Å². The molecule has 0 bridgehead atoms. The highest BCUT2D eigenvalue weighted by atomic mass is 127. The van der Waals surface area contributed by atoms with Gasteiger partial charge in [0.15, 0.2) is 0 Å². The average Bonchev–Trinajstić information content (AvgIpc) is 1.95. The maximum absolute atomic E-state index is 12.8. The molecule has 0 fully saturated rings. The monoisotopic (exact) mass is 266 g/mol. The third-order valence-electron chi connectivity index (χ3n) is 1.64. The number of rotatable bonds is 1. The standard InChI is InChI=1S/C9H11F.HI/c1-3-8-5-4-7(2)9(10)6-8;/h4-6H,3H2,1-2H3;1H. The highest BCUT2D eigenvalue weighted by Crippen LogP contribution is 2.08. The Morgan fingerprint density at radius 3 is 2.45 bits per heavy atom. The summed E-state index contributed by atoms with van der Waals surface area (Å²) in [7, 11) is 0. The second kappa shape index (κ2) is 4.70. The molecule has 62 valence electrons. The minimum atomic E-state index is -0.0978. The number of hydrogen-bond donors (Lipinski definition) is 0. The van der Waals surface area contributed by atoms with E-state index in [1.807, 2.05) is 19.1 Å². The van der Waals surface area contributed by atoms with Crippen molar-refractivity contribution in [2.45, 2.75) is 20.3 Å². The maximum atomic E-state index is 12.8. The molecule has 1 aromatic carbocycles. The Kier molecular flexibility index (Phi) is 4.65. The van der Waals surface area contributed by atoms with Crippen molar-refractivity contribution in [1.82, 2.24) is 0 Å². The highest BCUT2D eigenvalue weighted by Gasteiger charge is 1.95. The van der Waals surface area contributed by atoms with Crippen LogP contribution in [-0.4, -0.2) is 0 Å². The van der Waals surface area contributed by atoms with Gasteiger partial charge in [-0.05, 0) is 30.5 Å². The largest absolute Gasteiger partial charge is 0.207 e. The fourth-order valence-electron chi connectivity index (χ4n) is 0.856. The summed E-state index contributed by atoms with van der Waals surface area (Å²) in [6.45, 7) is 3.79. The fraction of sp³-hybridized carbons (Fsp3) is 0.333. The summed E-state index contributed by atoms with van der Waals surface area (Å²) in [5.74, 6) is -0.0978. The van der Waals surface area contributed by atoms with E-state index >= 15 is 0 Å². The Morgan fingerprint density at radius 1 is 1.36 bits per heavy atom. The van der Waals surface area contributed by atoms with Crippen LogP contribution in [0.25, 0.3) is 0 Å². The van der Waals surface area contributed by atoms with E-state index in [4.69, 9.17) is 0 Å². The summed E-state index contributed by atoms with van der Waals surface area (Å²) in [4.78, 5) is 0. The molecule has 1 rings (SSSR count). The molecule has 0 saturated carbocycles. The van der Waals surface area contributed by atoms with Crippen molar-refractivity contribution in [2.75, 3.05) is 0 Å². The predicted molar refractivity (Wildman–Crippen MR) is 55.9 cm³/mol. The zero-order chi connectivity index (χ0) is 7.56. The molecular formula is C9H12FI. The van der Waals surface area contributed by atoms with E-state index in [1.54, 1.807) is 13.0 Å². The summed E-state index contributed by atoms with van der Waals surface area (Å²) in [5.41, 5.74) is 1.78. The van der Waals surface area contributed by atoms with Gasteiger partial charge in [0, 0.05) is 0 Å². The number of benzene rings is 1. The van der Waals surface area contributed by atoms with Crippen LogP contribution in [0, 0.1) is 12.7 Å². The number of aryl methyl sites for hydroxylation is 2. The van der Waals surface area contributed by atoms with Crippen molar-refractivity contribution in [1.29, 1.82) is 0 Å². The molecule has 0 aromatic heterocycles. The van der Waals surface area contributed by atoms with Crippen molar-refractivity contribution in [3.05, 3.63) is 35.1 Å². The van der Waals surface area contributed by atoms with Crippen LogP contribution in [0.5, 0.6) is 0 Å². The summed E-state index contributed by atoms with van der Waals surface area (Å²) in [6.07, 6.45) is 0.900. The van der Waals surface area contributed by atoms with Gasteiger partial charge >= 0.3 is 0 Å². The molecule has 2 heteroatoms. The fourth-order valence-corrected chi connectivity index (χ4v) is 0.856. The van der Waals surface area contributed by atoms with Crippen LogP contribution in [0.3, 0.4) is 0 Å². The zero-order valence-corrected chi connectivity index (χ0v) is 9.06. The lowest BCUT2D eigenvalue weighted by Crippen LogP contribution is -1.85.